The van der Waals surface area contributed by atoms with E-state index in [1.807, 2.05) is 0 Å². The number of nitrogens with zero attached hydrogens (tertiary/aromatic N) is 7. The third-order valence-electron chi connectivity index (χ3n) is 11.0. The lowest BCUT2D eigenvalue weighted by Gasteiger charge is -2.28. The van der Waals surface area contributed by atoms with Gasteiger partial charge in [-0.15, -0.1) is 0 Å². The summed E-state index contributed by atoms with van der Waals surface area (Å²) in [6, 6.07) is 11.6. The molecule has 382 valence electrons. The van der Waals surface area contributed by atoms with Crippen LogP contribution in [0.2, 0.25) is 0 Å². The zero-order chi connectivity index (χ0) is 51.4. The van der Waals surface area contributed by atoms with Crippen LogP contribution in [-0.4, -0.2) is 140 Å². The molecule has 1 unspecified atom stereocenters. The minimum Gasteiger partial charge on any atom is -0.455 e. The zero-order valence-corrected chi connectivity index (χ0v) is 39.0. The first-order valence-electron chi connectivity index (χ1n) is 21.1. The van der Waals surface area contributed by atoms with Gasteiger partial charge in [0, 0.05) is 18.9 Å². The van der Waals surface area contributed by atoms with Crippen LogP contribution in [0.5, 0.6) is 0 Å². The molecule has 2 fully saturated rings. The molecule has 2 aromatic carbocycles. The van der Waals surface area contributed by atoms with Crippen molar-refractivity contribution >= 4 is 62.1 Å². The standard InChI is InChI=1S/C40H47FN10O18P2/c1-3-24(49(2)40(57)63-15-21-6-10-23(11-7-21)47-28(52)14-20-4-8-22(41)9-5-20)38(55)68-32-25(66-37(30(32)53)51-19-46-29-34(43)44-18-45-35(29)51)17-65-71(61,62)69-33-26(16-64-70(58,59)60)67-36(31(33)54)50-13-12-27(42)48-39(50)56/h4-13,18-19,24-26,30-33,36-37,53-54H,3,14-17H2,1-2H3,(H,47,52)(H,61,62)(H2,42,48,56)(H2,43,44,45)(H2,58,59,60)/t24-,25+,26+,30+,31+,32+,33+,36+,37+/m0/s1. The number of hydrogen-bond donors (Lipinski definition) is 8. The minimum atomic E-state index is -5.46. The minimum absolute atomic E-state index is 0.00559. The number of nitrogens with two attached hydrogens (primary N) is 2. The highest BCUT2D eigenvalue weighted by atomic mass is 31.2. The number of fused-ring (bicyclic) bond motifs is 1. The fourth-order valence-electron chi connectivity index (χ4n) is 7.50. The number of phosphoric ester groups is 2. The van der Waals surface area contributed by atoms with Gasteiger partial charge in [-0.25, -0.2) is 42.9 Å². The Labute approximate surface area is 400 Å². The number of nitrogens with one attached hydrogen (secondary N) is 1. The lowest BCUT2D eigenvalue weighted by molar-refractivity contribution is -0.162. The van der Waals surface area contributed by atoms with Gasteiger partial charge in [-0.3, -0.25) is 32.4 Å². The van der Waals surface area contributed by atoms with E-state index in [1.54, 1.807) is 31.2 Å². The molecule has 7 rings (SSSR count). The molecule has 5 aromatic rings. The highest BCUT2D eigenvalue weighted by molar-refractivity contribution is 7.47. The van der Waals surface area contributed by atoms with Crippen LogP contribution in [0.3, 0.4) is 0 Å². The Balaban J connectivity index is 1.03. The number of carbonyl (C=O) groups excluding carboxylic acids is 3. The smallest absolute Gasteiger partial charge is 0.455 e. The molecule has 3 aromatic heterocycles. The molecule has 71 heavy (non-hydrogen) atoms. The number of anilines is 3. The first kappa shape index (κ1) is 52.5. The molecule has 0 aliphatic carbocycles. The Bertz CT molecular complexity index is 2880. The van der Waals surface area contributed by atoms with Crippen molar-refractivity contribution in [2.45, 2.75) is 81.5 Å². The summed E-state index contributed by atoms with van der Waals surface area (Å²) in [6.45, 7) is -0.758. The lowest BCUT2D eigenvalue weighted by atomic mass is 10.1. The topological polar surface area (TPSA) is 397 Å². The first-order valence-corrected chi connectivity index (χ1v) is 24.2. The number of esters is 1. The number of aromatic nitrogens is 6. The predicted octanol–water partition coefficient (Wildman–Crippen LogP) is 0.655. The van der Waals surface area contributed by atoms with E-state index in [0.717, 1.165) is 28.1 Å². The molecule has 10 atom stereocenters. The number of imidazole rings is 1. The summed E-state index contributed by atoms with van der Waals surface area (Å²) in [7, 11) is -9.40. The fourth-order valence-corrected chi connectivity index (χ4v) is 8.81. The van der Waals surface area contributed by atoms with Crippen LogP contribution in [0, 0.1) is 5.82 Å². The maximum Gasteiger partial charge on any atom is 0.472 e. The molecular weight excluding hydrogens is 989 g/mol. The van der Waals surface area contributed by atoms with Crippen LogP contribution in [0.1, 0.15) is 36.9 Å². The van der Waals surface area contributed by atoms with Crippen molar-refractivity contribution in [3.05, 3.63) is 101 Å². The van der Waals surface area contributed by atoms with Gasteiger partial charge in [0.2, 0.25) is 5.91 Å². The Morgan fingerprint density at radius 1 is 0.887 bits per heavy atom. The SMILES string of the molecule is CC[C@@H](C(=O)O[C@H]1[C@@H](O)[C@H](n2cnc3c(N)ncnc32)O[C@@H]1COP(=O)(O)O[C@H]1[C@@H](O)[C@H](n2ccc(N)nc2=O)O[C@@H]1COP(=O)(O)O)N(C)C(=O)OCc1ccc(NC(=O)Cc2ccc(F)cc2)cc1. The van der Waals surface area contributed by atoms with E-state index in [1.165, 1.54) is 42.2 Å². The number of rotatable bonds is 19. The first-order chi connectivity index (χ1) is 33.6. The third-order valence-corrected chi connectivity index (χ3v) is 12.5. The van der Waals surface area contributed by atoms with Gasteiger partial charge >= 0.3 is 33.4 Å². The van der Waals surface area contributed by atoms with Gasteiger partial charge in [-0.2, -0.15) is 4.98 Å². The van der Waals surface area contributed by atoms with Crippen molar-refractivity contribution in [1.82, 2.24) is 34.0 Å². The molecule has 5 heterocycles. The highest BCUT2D eigenvalue weighted by Gasteiger charge is 2.52. The van der Waals surface area contributed by atoms with Crippen LogP contribution < -0.4 is 22.5 Å². The fraction of sp³-hybridized carbons (Fsp3) is 0.400. The largest absolute Gasteiger partial charge is 0.472 e. The van der Waals surface area contributed by atoms with E-state index >= 15 is 0 Å². The molecule has 2 amide bonds. The summed E-state index contributed by atoms with van der Waals surface area (Å²) < 4.78 is 78.2. The van der Waals surface area contributed by atoms with Crippen LogP contribution in [0.15, 0.2) is 78.2 Å². The predicted molar refractivity (Wildman–Crippen MR) is 238 cm³/mol. The van der Waals surface area contributed by atoms with Gasteiger partial charge < -0.3 is 60.6 Å². The summed E-state index contributed by atoms with van der Waals surface area (Å²) in [5.74, 6) is -2.10. The van der Waals surface area contributed by atoms with E-state index < -0.39 is 108 Å². The number of ether oxygens (including phenoxy) is 4. The maximum atomic E-state index is 13.9. The van der Waals surface area contributed by atoms with Crippen molar-refractivity contribution in [1.29, 1.82) is 0 Å². The number of carbonyl (C=O) groups is 3. The second-order valence-electron chi connectivity index (χ2n) is 15.9. The monoisotopic (exact) mass is 1040 g/mol. The summed E-state index contributed by atoms with van der Waals surface area (Å²) in [6.07, 6.45) is -11.8. The highest BCUT2D eigenvalue weighted by Crippen LogP contribution is 2.50. The maximum absolute atomic E-state index is 13.9. The summed E-state index contributed by atoms with van der Waals surface area (Å²) in [5.41, 5.74) is 12.2. The second kappa shape index (κ2) is 22.0. The third kappa shape index (κ3) is 12.8. The van der Waals surface area contributed by atoms with Gasteiger partial charge in [0.1, 0.15) is 66.6 Å². The molecule has 31 heteroatoms. The number of phosphoric acid groups is 2. The number of amides is 2. The normalized spacial score (nSPS) is 23.5. The van der Waals surface area contributed by atoms with E-state index in [0.29, 0.717) is 16.8 Å². The van der Waals surface area contributed by atoms with Gasteiger partial charge in [-0.1, -0.05) is 31.2 Å². The summed E-state index contributed by atoms with van der Waals surface area (Å²) >= 11 is 0. The quantitative estimate of drug-likeness (QED) is 0.0416. The van der Waals surface area contributed by atoms with E-state index in [9.17, 15) is 57.6 Å². The Morgan fingerprint density at radius 3 is 2.18 bits per heavy atom. The molecule has 2 aliphatic rings. The molecule has 0 bridgehead atoms. The molecule has 10 N–H and O–H groups in total. The van der Waals surface area contributed by atoms with Crippen LogP contribution in [-0.2, 0) is 64.3 Å². The number of hydrogen-bond acceptors (Lipinski definition) is 21. The van der Waals surface area contributed by atoms with Crippen molar-refractivity contribution in [2.75, 3.05) is 37.0 Å². The van der Waals surface area contributed by atoms with E-state index in [-0.39, 0.29) is 48.2 Å². The summed E-state index contributed by atoms with van der Waals surface area (Å²) in [5, 5.41) is 25.6. The second-order valence-corrected chi connectivity index (χ2v) is 18.5. The Kier molecular flexibility index (Phi) is 16.2. The van der Waals surface area contributed by atoms with Crippen LogP contribution in [0.4, 0.5) is 26.5 Å². The molecule has 2 aliphatic heterocycles. The summed E-state index contributed by atoms with van der Waals surface area (Å²) in [4.78, 5) is 98.6. The number of aliphatic hydroxyl groups excluding tert-OH is 2. The average molecular weight is 1040 g/mol. The zero-order valence-electron chi connectivity index (χ0n) is 37.3. The number of nitrogen functional groups attached to an aromatic ring is 2. The van der Waals surface area contributed by atoms with Crippen molar-refractivity contribution in [3.63, 3.8) is 0 Å². The lowest BCUT2D eigenvalue weighted by Crippen LogP contribution is -2.47. The van der Waals surface area contributed by atoms with Gasteiger partial charge in [-0.05, 0) is 47.9 Å². The number of likely N-dealkylation sites (N-methyl/N-ethyl adjacent to an activating group) is 1. The van der Waals surface area contributed by atoms with Crippen molar-refractivity contribution < 1.29 is 85.3 Å². The number of benzene rings is 2. The van der Waals surface area contributed by atoms with E-state index in [4.69, 9.17) is 39.5 Å². The van der Waals surface area contributed by atoms with Gasteiger partial charge in [0.15, 0.2) is 30.0 Å². The molecule has 28 nitrogen and oxygen atoms in total. The van der Waals surface area contributed by atoms with Crippen molar-refractivity contribution in [3.8, 4) is 0 Å². The molecule has 0 radical (unpaired) electrons. The molecule has 0 saturated carbocycles. The molecular formula is C40H47FN10O18P2. The van der Waals surface area contributed by atoms with Crippen molar-refractivity contribution in [2.24, 2.45) is 0 Å². The number of aliphatic hydroxyl groups is 2. The van der Waals surface area contributed by atoms with Crippen LogP contribution in [0.25, 0.3) is 11.2 Å². The van der Waals surface area contributed by atoms with E-state index in [2.05, 4.69) is 29.8 Å². The average Bonchev–Trinajstić information content (AvgIpc) is 3.98. The Hall–Kier alpha value is -6.33. The number of halogens is 1. The Morgan fingerprint density at radius 2 is 1.52 bits per heavy atom. The van der Waals surface area contributed by atoms with Gasteiger partial charge in [0.25, 0.3) is 0 Å². The molecule has 0 spiro atoms. The van der Waals surface area contributed by atoms with Gasteiger partial charge in [0.05, 0.1) is 26.0 Å². The molecule has 2 saturated heterocycles. The van der Waals surface area contributed by atoms with Crippen LogP contribution >= 0.6 is 15.6 Å².